The van der Waals surface area contributed by atoms with Crippen LogP contribution in [0.3, 0.4) is 0 Å². The first-order valence-corrected chi connectivity index (χ1v) is 10.6. The van der Waals surface area contributed by atoms with Gasteiger partial charge < -0.3 is 9.47 Å². The first kappa shape index (κ1) is 17.5. The first-order chi connectivity index (χ1) is 13.7. The fourth-order valence-corrected chi connectivity index (χ4v) is 4.75. The van der Waals surface area contributed by atoms with Crippen LogP contribution in [-0.2, 0) is 0 Å². The lowest BCUT2D eigenvalue weighted by atomic mass is 10.1. The second-order valence-corrected chi connectivity index (χ2v) is 8.22. The highest BCUT2D eigenvalue weighted by Crippen LogP contribution is 2.34. The number of aromatic nitrogens is 3. The molecule has 0 N–H and O–H groups in total. The SMILES string of the molecule is O=C(CSc1nnc2scc(-c3ccc(Cl)cc3)n12)c1ccc2c(c1)OCO2. The van der Waals surface area contributed by atoms with Crippen LogP contribution in [0.4, 0.5) is 0 Å². The van der Waals surface area contributed by atoms with Crippen molar-refractivity contribution in [2.75, 3.05) is 12.5 Å². The molecular formula is C19H12ClN3O3S2. The van der Waals surface area contributed by atoms with Crippen molar-refractivity contribution in [3.8, 4) is 22.8 Å². The topological polar surface area (TPSA) is 65.7 Å². The molecule has 2 aromatic heterocycles. The Balaban J connectivity index is 1.39. The molecule has 3 heterocycles. The van der Waals surface area contributed by atoms with Crippen LogP contribution < -0.4 is 9.47 Å². The van der Waals surface area contributed by atoms with E-state index >= 15 is 0 Å². The Morgan fingerprint density at radius 1 is 1.14 bits per heavy atom. The number of ether oxygens (including phenoxy) is 2. The van der Waals surface area contributed by atoms with E-state index in [2.05, 4.69) is 10.2 Å². The molecule has 0 saturated heterocycles. The maximum Gasteiger partial charge on any atom is 0.231 e. The molecule has 4 aromatic rings. The molecule has 9 heteroatoms. The second kappa shape index (κ2) is 7.12. The van der Waals surface area contributed by atoms with Gasteiger partial charge in [-0.2, -0.15) is 0 Å². The predicted molar refractivity (Wildman–Crippen MR) is 109 cm³/mol. The van der Waals surface area contributed by atoms with E-state index in [9.17, 15) is 4.79 Å². The average molecular weight is 430 g/mol. The number of Topliss-reactive ketones (excluding diaryl/α,β-unsaturated/α-hetero) is 1. The molecule has 0 atom stereocenters. The Kier molecular flexibility index (Phi) is 4.46. The molecule has 0 bridgehead atoms. The van der Waals surface area contributed by atoms with Crippen molar-refractivity contribution in [2.45, 2.75) is 5.16 Å². The zero-order valence-corrected chi connectivity index (χ0v) is 16.7. The zero-order chi connectivity index (χ0) is 19.1. The number of fused-ring (bicyclic) bond motifs is 2. The van der Waals surface area contributed by atoms with Gasteiger partial charge in [0.2, 0.25) is 11.8 Å². The van der Waals surface area contributed by atoms with Crippen LogP contribution in [-0.4, -0.2) is 32.9 Å². The number of carbonyl (C=O) groups is 1. The standard InChI is InChI=1S/C19H12ClN3O3S2/c20-13-4-1-11(2-5-13)14-8-27-18-21-22-19(23(14)18)28-9-15(24)12-3-6-16-17(7-12)26-10-25-16/h1-8H,9-10H2. The molecule has 0 radical (unpaired) electrons. The molecular weight excluding hydrogens is 418 g/mol. The molecule has 6 nitrogen and oxygen atoms in total. The van der Waals surface area contributed by atoms with E-state index < -0.39 is 0 Å². The number of carbonyl (C=O) groups excluding carboxylic acids is 1. The maximum absolute atomic E-state index is 12.6. The summed E-state index contributed by atoms with van der Waals surface area (Å²) in [6.07, 6.45) is 0. The van der Waals surface area contributed by atoms with Crippen LogP contribution in [0.15, 0.2) is 53.0 Å². The summed E-state index contributed by atoms with van der Waals surface area (Å²) in [5.41, 5.74) is 2.57. The molecule has 140 valence electrons. The van der Waals surface area contributed by atoms with E-state index in [1.54, 1.807) is 18.2 Å². The Morgan fingerprint density at radius 2 is 1.96 bits per heavy atom. The van der Waals surface area contributed by atoms with Gasteiger partial charge >= 0.3 is 0 Å². The van der Waals surface area contributed by atoms with Gasteiger partial charge in [0, 0.05) is 16.0 Å². The lowest BCUT2D eigenvalue weighted by Crippen LogP contribution is -2.03. The highest BCUT2D eigenvalue weighted by molar-refractivity contribution is 7.99. The van der Waals surface area contributed by atoms with Crippen molar-refractivity contribution in [3.05, 3.63) is 58.4 Å². The van der Waals surface area contributed by atoms with E-state index in [-0.39, 0.29) is 18.3 Å². The zero-order valence-electron chi connectivity index (χ0n) is 14.3. The number of thioether (sulfide) groups is 1. The average Bonchev–Trinajstić information content (AvgIpc) is 3.43. The molecule has 0 fully saturated rings. The Bertz CT molecular complexity index is 1190. The normalized spacial score (nSPS) is 12.6. The number of halogens is 1. The third-order valence-corrected chi connectivity index (χ3v) is 6.28. The Labute approximate surface area is 173 Å². The highest BCUT2D eigenvalue weighted by Gasteiger charge is 2.18. The van der Waals surface area contributed by atoms with Crippen molar-refractivity contribution < 1.29 is 14.3 Å². The summed E-state index contributed by atoms with van der Waals surface area (Å²) in [5.74, 6) is 1.50. The number of benzene rings is 2. The molecule has 1 aliphatic heterocycles. The molecule has 0 amide bonds. The lowest BCUT2D eigenvalue weighted by Gasteiger charge is -2.04. The van der Waals surface area contributed by atoms with Crippen LogP contribution >= 0.6 is 34.7 Å². The molecule has 28 heavy (non-hydrogen) atoms. The fourth-order valence-electron chi connectivity index (χ4n) is 2.90. The minimum atomic E-state index is -0.0108. The highest BCUT2D eigenvalue weighted by atomic mass is 35.5. The molecule has 0 spiro atoms. The van der Waals surface area contributed by atoms with Crippen molar-refractivity contribution in [2.24, 2.45) is 0 Å². The van der Waals surface area contributed by atoms with E-state index in [0.29, 0.717) is 27.2 Å². The smallest absolute Gasteiger partial charge is 0.231 e. The van der Waals surface area contributed by atoms with Gasteiger partial charge in [-0.25, -0.2) is 0 Å². The van der Waals surface area contributed by atoms with Crippen molar-refractivity contribution >= 4 is 45.4 Å². The molecule has 0 aliphatic carbocycles. The van der Waals surface area contributed by atoms with E-state index in [4.69, 9.17) is 21.1 Å². The van der Waals surface area contributed by atoms with Crippen molar-refractivity contribution in [3.63, 3.8) is 0 Å². The molecule has 1 aliphatic rings. The third kappa shape index (κ3) is 3.13. The van der Waals surface area contributed by atoms with Crippen molar-refractivity contribution in [1.82, 2.24) is 14.6 Å². The first-order valence-electron chi connectivity index (χ1n) is 8.33. The minimum Gasteiger partial charge on any atom is -0.454 e. The van der Waals surface area contributed by atoms with Gasteiger partial charge in [0.1, 0.15) is 0 Å². The number of thiazole rings is 1. The molecule has 2 aromatic carbocycles. The maximum atomic E-state index is 12.6. The molecule has 0 saturated carbocycles. The second-order valence-electron chi connectivity index (χ2n) is 6.01. The summed E-state index contributed by atoms with van der Waals surface area (Å²) in [6, 6.07) is 12.8. The van der Waals surface area contributed by atoms with Crippen LogP contribution in [0, 0.1) is 0 Å². The third-order valence-electron chi connectivity index (χ3n) is 4.29. The number of ketones is 1. The van der Waals surface area contributed by atoms with Gasteiger partial charge in [0.15, 0.2) is 22.4 Å². The van der Waals surface area contributed by atoms with Gasteiger partial charge in [0.25, 0.3) is 0 Å². The number of hydrogen-bond acceptors (Lipinski definition) is 7. The summed E-state index contributed by atoms with van der Waals surface area (Å²) in [4.78, 5) is 13.4. The quantitative estimate of drug-likeness (QED) is 0.335. The van der Waals surface area contributed by atoms with Gasteiger partial charge in [-0.15, -0.1) is 21.5 Å². The molecule has 5 rings (SSSR count). The number of rotatable bonds is 5. The van der Waals surface area contributed by atoms with Crippen molar-refractivity contribution in [1.29, 1.82) is 0 Å². The lowest BCUT2D eigenvalue weighted by molar-refractivity contribution is 0.102. The number of hydrogen-bond donors (Lipinski definition) is 0. The van der Waals surface area contributed by atoms with Gasteiger partial charge in [-0.05, 0) is 35.9 Å². The number of nitrogens with zero attached hydrogens (tertiary/aromatic N) is 3. The summed E-state index contributed by atoms with van der Waals surface area (Å²) < 4.78 is 12.6. The van der Waals surface area contributed by atoms with E-state index in [0.717, 1.165) is 16.2 Å². The molecule has 0 unspecified atom stereocenters. The fraction of sp³-hybridized carbons (Fsp3) is 0.105. The summed E-state index contributed by atoms with van der Waals surface area (Å²) in [6.45, 7) is 0.186. The van der Waals surface area contributed by atoms with Gasteiger partial charge in [0.05, 0.1) is 11.4 Å². The van der Waals surface area contributed by atoms with Gasteiger partial charge in [-0.3, -0.25) is 9.20 Å². The Hall–Kier alpha value is -2.55. The largest absolute Gasteiger partial charge is 0.454 e. The monoisotopic (exact) mass is 429 g/mol. The summed E-state index contributed by atoms with van der Waals surface area (Å²) in [5, 5.41) is 11.8. The predicted octanol–water partition coefficient (Wildman–Crippen LogP) is 4.81. The van der Waals surface area contributed by atoms with E-state index in [1.807, 2.05) is 34.0 Å². The van der Waals surface area contributed by atoms with Crippen LogP contribution in [0.5, 0.6) is 11.5 Å². The van der Waals surface area contributed by atoms with Crippen LogP contribution in [0.1, 0.15) is 10.4 Å². The minimum absolute atomic E-state index is 0.0108. The summed E-state index contributed by atoms with van der Waals surface area (Å²) in [7, 11) is 0. The van der Waals surface area contributed by atoms with Crippen LogP contribution in [0.25, 0.3) is 16.2 Å². The Morgan fingerprint density at radius 3 is 2.82 bits per heavy atom. The van der Waals surface area contributed by atoms with Gasteiger partial charge in [-0.1, -0.05) is 35.5 Å². The summed E-state index contributed by atoms with van der Waals surface area (Å²) >= 11 is 8.86. The van der Waals surface area contributed by atoms with E-state index in [1.165, 1.54) is 23.1 Å². The van der Waals surface area contributed by atoms with Crippen LogP contribution in [0.2, 0.25) is 5.02 Å².